The summed E-state index contributed by atoms with van der Waals surface area (Å²) in [6.07, 6.45) is 2.91. The van der Waals surface area contributed by atoms with E-state index in [-0.39, 0.29) is 0 Å². The quantitative estimate of drug-likeness (QED) is 0.814. The van der Waals surface area contributed by atoms with Gasteiger partial charge in [-0.25, -0.2) is 0 Å². The van der Waals surface area contributed by atoms with Crippen LogP contribution in [0.25, 0.3) is 0 Å². The van der Waals surface area contributed by atoms with E-state index in [1.165, 1.54) is 0 Å². The molecule has 1 saturated heterocycles. The Balaban J connectivity index is 1.63. The lowest BCUT2D eigenvalue weighted by Crippen LogP contribution is -2.42. The molecule has 0 spiro atoms. The molecule has 100 valence electrons. The first-order valence-electron chi connectivity index (χ1n) is 6.80. The van der Waals surface area contributed by atoms with Gasteiger partial charge < -0.3 is 14.8 Å². The van der Waals surface area contributed by atoms with Crippen molar-refractivity contribution in [2.24, 2.45) is 0 Å². The molecule has 0 saturated carbocycles. The summed E-state index contributed by atoms with van der Waals surface area (Å²) in [6, 6.07) is 10.5. The molecule has 1 fully saturated rings. The Morgan fingerprint density at radius 1 is 1.17 bits per heavy atom. The molecule has 0 radical (unpaired) electrons. The van der Waals surface area contributed by atoms with Gasteiger partial charge in [0, 0.05) is 12.6 Å². The van der Waals surface area contributed by atoms with Crippen molar-refractivity contribution in [1.29, 1.82) is 0 Å². The van der Waals surface area contributed by atoms with E-state index >= 15 is 0 Å². The fourth-order valence-electron chi connectivity index (χ4n) is 2.52. The van der Waals surface area contributed by atoms with Crippen LogP contribution in [0.2, 0.25) is 0 Å². The monoisotopic (exact) mass is 249 g/mol. The normalized spacial score (nSPS) is 28.0. The summed E-state index contributed by atoms with van der Waals surface area (Å²) < 4.78 is 11.4. The molecule has 18 heavy (non-hydrogen) atoms. The zero-order valence-electron chi connectivity index (χ0n) is 11.3. The minimum atomic E-state index is 0.362. The second-order valence-corrected chi connectivity index (χ2v) is 5.04. The van der Waals surface area contributed by atoms with Gasteiger partial charge in [0.1, 0.15) is 12.4 Å². The molecule has 3 nitrogen and oxygen atoms in total. The van der Waals surface area contributed by atoms with Gasteiger partial charge in [0.05, 0.1) is 12.2 Å². The molecule has 2 unspecified atom stereocenters. The molecule has 0 amide bonds. The van der Waals surface area contributed by atoms with Gasteiger partial charge in [0.15, 0.2) is 0 Å². The van der Waals surface area contributed by atoms with Crippen molar-refractivity contribution in [2.75, 3.05) is 13.2 Å². The molecule has 1 aromatic rings. The topological polar surface area (TPSA) is 30.5 Å². The lowest BCUT2D eigenvalue weighted by Gasteiger charge is -2.32. The van der Waals surface area contributed by atoms with E-state index in [1.54, 1.807) is 0 Å². The van der Waals surface area contributed by atoms with Gasteiger partial charge in [-0.2, -0.15) is 0 Å². The second kappa shape index (κ2) is 6.76. The number of hydrogen-bond donors (Lipinski definition) is 1. The molecule has 0 bridgehead atoms. The van der Waals surface area contributed by atoms with Crippen molar-refractivity contribution in [3.8, 4) is 5.75 Å². The molecule has 2 atom stereocenters. The highest BCUT2D eigenvalue weighted by Crippen LogP contribution is 2.18. The molecule has 1 aromatic carbocycles. The van der Waals surface area contributed by atoms with Crippen LogP contribution in [-0.2, 0) is 4.74 Å². The fraction of sp³-hybridized carbons (Fsp3) is 0.600. The van der Waals surface area contributed by atoms with Crippen molar-refractivity contribution >= 4 is 0 Å². The van der Waals surface area contributed by atoms with Gasteiger partial charge in [-0.15, -0.1) is 0 Å². The smallest absolute Gasteiger partial charge is 0.119 e. The fourth-order valence-corrected chi connectivity index (χ4v) is 2.52. The van der Waals surface area contributed by atoms with Crippen LogP contribution in [0, 0.1) is 0 Å². The molecule has 1 aliphatic rings. The lowest BCUT2D eigenvalue weighted by atomic mass is 10.00. The standard InChI is InChI=1S/C15H23NO2/c1-12-10-14(11-13(2)18-12)16-8-9-17-15-6-4-3-5-7-15/h3-7,12-14,16H,8-11H2,1-2H3. The van der Waals surface area contributed by atoms with Crippen LogP contribution in [-0.4, -0.2) is 31.4 Å². The summed E-state index contributed by atoms with van der Waals surface area (Å²) in [5.74, 6) is 0.938. The highest BCUT2D eigenvalue weighted by atomic mass is 16.5. The highest BCUT2D eigenvalue weighted by Gasteiger charge is 2.23. The lowest BCUT2D eigenvalue weighted by molar-refractivity contribution is -0.0422. The zero-order chi connectivity index (χ0) is 12.8. The van der Waals surface area contributed by atoms with E-state index in [0.29, 0.717) is 24.9 Å². The van der Waals surface area contributed by atoms with Crippen molar-refractivity contribution in [2.45, 2.75) is 44.9 Å². The van der Waals surface area contributed by atoms with Crippen molar-refractivity contribution in [3.63, 3.8) is 0 Å². The highest BCUT2D eigenvalue weighted by molar-refractivity contribution is 5.20. The number of ether oxygens (including phenoxy) is 2. The van der Waals surface area contributed by atoms with Crippen molar-refractivity contribution in [3.05, 3.63) is 30.3 Å². The Hall–Kier alpha value is -1.06. The Morgan fingerprint density at radius 2 is 1.83 bits per heavy atom. The molecular weight excluding hydrogens is 226 g/mol. The van der Waals surface area contributed by atoms with Crippen LogP contribution < -0.4 is 10.1 Å². The van der Waals surface area contributed by atoms with Gasteiger partial charge >= 0.3 is 0 Å². The number of para-hydroxylation sites is 1. The summed E-state index contributed by atoms with van der Waals surface area (Å²) >= 11 is 0. The van der Waals surface area contributed by atoms with Gasteiger partial charge in [0.25, 0.3) is 0 Å². The number of nitrogens with one attached hydrogen (secondary N) is 1. The van der Waals surface area contributed by atoms with Crippen LogP contribution in [0.4, 0.5) is 0 Å². The average molecular weight is 249 g/mol. The van der Waals surface area contributed by atoms with E-state index in [0.717, 1.165) is 25.1 Å². The van der Waals surface area contributed by atoms with Crippen LogP contribution in [0.15, 0.2) is 30.3 Å². The third kappa shape index (κ3) is 4.31. The minimum absolute atomic E-state index is 0.362. The first-order valence-corrected chi connectivity index (χ1v) is 6.80. The maximum atomic E-state index is 5.72. The third-order valence-electron chi connectivity index (χ3n) is 3.24. The summed E-state index contributed by atoms with van der Waals surface area (Å²) in [5, 5.41) is 3.55. The van der Waals surface area contributed by atoms with Crippen LogP contribution >= 0.6 is 0 Å². The Bertz CT molecular complexity index is 332. The Morgan fingerprint density at radius 3 is 2.50 bits per heavy atom. The first kappa shape index (κ1) is 13.4. The summed E-state index contributed by atoms with van der Waals surface area (Å²) in [6.45, 7) is 5.89. The molecule has 2 rings (SSSR count). The Labute approximate surface area is 109 Å². The Kier molecular flexibility index (Phi) is 5.02. The predicted molar refractivity (Wildman–Crippen MR) is 73.0 cm³/mol. The van der Waals surface area contributed by atoms with E-state index in [9.17, 15) is 0 Å². The van der Waals surface area contributed by atoms with Gasteiger partial charge in [-0.1, -0.05) is 18.2 Å². The zero-order valence-corrected chi connectivity index (χ0v) is 11.3. The maximum absolute atomic E-state index is 5.72. The summed E-state index contributed by atoms with van der Waals surface area (Å²) in [4.78, 5) is 0. The minimum Gasteiger partial charge on any atom is -0.492 e. The molecule has 3 heteroatoms. The molecule has 1 aliphatic heterocycles. The maximum Gasteiger partial charge on any atom is 0.119 e. The number of benzene rings is 1. The second-order valence-electron chi connectivity index (χ2n) is 5.04. The number of hydrogen-bond acceptors (Lipinski definition) is 3. The van der Waals surface area contributed by atoms with E-state index < -0.39 is 0 Å². The van der Waals surface area contributed by atoms with Crippen LogP contribution in [0.1, 0.15) is 26.7 Å². The van der Waals surface area contributed by atoms with E-state index in [1.807, 2.05) is 30.3 Å². The van der Waals surface area contributed by atoms with Gasteiger partial charge in [-0.05, 0) is 38.8 Å². The molecule has 1 N–H and O–H groups in total. The third-order valence-corrected chi connectivity index (χ3v) is 3.24. The molecular formula is C15H23NO2. The van der Waals surface area contributed by atoms with Crippen molar-refractivity contribution in [1.82, 2.24) is 5.32 Å². The molecule has 0 aliphatic carbocycles. The predicted octanol–water partition coefficient (Wildman–Crippen LogP) is 2.61. The van der Waals surface area contributed by atoms with Gasteiger partial charge in [0.2, 0.25) is 0 Å². The molecule has 1 heterocycles. The number of rotatable bonds is 5. The SMILES string of the molecule is CC1CC(NCCOc2ccccc2)CC(C)O1. The molecule has 0 aromatic heterocycles. The summed E-state index contributed by atoms with van der Waals surface area (Å²) in [5.41, 5.74) is 0. The van der Waals surface area contributed by atoms with Gasteiger partial charge in [-0.3, -0.25) is 0 Å². The van der Waals surface area contributed by atoms with Crippen LogP contribution in [0.5, 0.6) is 5.75 Å². The summed E-state index contributed by atoms with van der Waals surface area (Å²) in [7, 11) is 0. The van der Waals surface area contributed by atoms with Crippen LogP contribution in [0.3, 0.4) is 0 Å². The van der Waals surface area contributed by atoms with E-state index in [2.05, 4.69) is 19.2 Å². The van der Waals surface area contributed by atoms with E-state index in [4.69, 9.17) is 9.47 Å². The average Bonchev–Trinajstić information content (AvgIpc) is 2.35. The van der Waals surface area contributed by atoms with Crippen molar-refractivity contribution < 1.29 is 9.47 Å². The largest absolute Gasteiger partial charge is 0.492 e. The first-order chi connectivity index (χ1) is 8.74.